The van der Waals surface area contributed by atoms with Crippen LogP contribution in [0.15, 0.2) is 30.3 Å². The van der Waals surface area contributed by atoms with E-state index in [-0.39, 0.29) is 24.6 Å². The molecule has 2 aromatic rings. The predicted octanol–water partition coefficient (Wildman–Crippen LogP) is 1.62. The Morgan fingerprint density at radius 1 is 1.35 bits per heavy atom. The van der Waals surface area contributed by atoms with E-state index < -0.39 is 0 Å². The third kappa shape index (κ3) is 5.17. The maximum absolute atomic E-state index is 12.4. The maximum Gasteiger partial charge on any atom is 0.324 e. The number of amides is 3. The molecule has 4 rings (SSSR count). The Morgan fingerprint density at radius 2 is 2.19 bits per heavy atom. The van der Waals surface area contributed by atoms with E-state index in [1.54, 1.807) is 6.07 Å². The summed E-state index contributed by atoms with van der Waals surface area (Å²) in [5.41, 5.74) is 1.85. The number of nitrogens with one attached hydrogen (secondary N) is 1. The van der Waals surface area contributed by atoms with Gasteiger partial charge in [0, 0.05) is 45.3 Å². The van der Waals surface area contributed by atoms with Gasteiger partial charge in [0.1, 0.15) is 11.9 Å². The molecule has 2 aliphatic rings. The lowest BCUT2D eigenvalue weighted by Gasteiger charge is -2.32. The van der Waals surface area contributed by atoms with Gasteiger partial charge in [-0.1, -0.05) is 23.7 Å². The van der Waals surface area contributed by atoms with Crippen LogP contribution in [0.5, 0.6) is 5.75 Å². The first-order chi connectivity index (χ1) is 15.0. The fourth-order valence-electron chi connectivity index (χ4n) is 3.76. The second-order valence-corrected chi connectivity index (χ2v) is 7.99. The molecule has 166 valence electrons. The minimum absolute atomic E-state index is 0.186. The van der Waals surface area contributed by atoms with Gasteiger partial charge in [-0.25, -0.2) is 4.79 Å². The zero-order valence-electron chi connectivity index (χ0n) is 17.4. The van der Waals surface area contributed by atoms with Crippen molar-refractivity contribution in [2.75, 3.05) is 45.9 Å². The van der Waals surface area contributed by atoms with Gasteiger partial charge in [0.15, 0.2) is 0 Å². The van der Waals surface area contributed by atoms with Crippen LogP contribution in [0, 0.1) is 0 Å². The number of aryl methyl sites for hydroxylation is 1. The van der Waals surface area contributed by atoms with Crippen LogP contribution < -0.4 is 10.1 Å². The number of nitrogens with zero attached hydrogens (tertiary/aromatic N) is 4. The van der Waals surface area contributed by atoms with Crippen LogP contribution in [0.1, 0.15) is 17.5 Å². The summed E-state index contributed by atoms with van der Waals surface area (Å²) >= 11 is 6.13. The van der Waals surface area contributed by atoms with Crippen LogP contribution in [0.3, 0.4) is 0 Å². The number of hydrogen-bond donors (Lipinski definition) is 1. The van der Waals surface area contributed by atoms with Gasteiger partial charge in [0.05, 0.1) is 30.5 Å². The lowest BCUT2D eigenvalue weighted by molar-refractivity contribution is -0.130. The van der Waals surface area contributed by atoms with Gasteiger partial charge in [-0.05, 0) is 18.2 Å². The lowest BCUT2D eigenvalue weighted by atomic mass is 10.2. The SMILES string of the molecule is Cn1nc([C@@H]2CN(CC(=O)N3CCNC3=O)CCO2)cc1CCOc1ccccc1Cl. The number of para-hydroxylation sites is 1. The summed E-state index contributed by atoms with van der Waals surface area (Å²) in [7, 11) is 1.89. The summed E-state index contributed by atoms with van der Waals surface area (Å²) in [5, 5.41) is 7.85. The van der Waals surface area contributed by atoms with Crippen molar-refractivity contribution in [2.45, 2.75) is 12.5 Å². The number of aromatic nitrogens is 2. The molecule has 0 radical (unpaired) electrons. The summed E-state index contributed by atoms with van der Waals surface area (Å²) in [6.07, 6.45) is 0.451. The van der Waals surface area contributed by atoms with Gasteiger partial charge >= 0.3 is 6.03 Å². The molecule has 0 spiro atoms. The summed E-state index contributed by atoms with van der Waals surface area (Å²) < 4.78 is 13.5. The van der Waals surface area contributed by atoms with Crippen molar-refractivity contribution >= 4 is 23.5 Å². The third-order valence-corrected chi connectivity index (χ3v) is 5.76. The Kier molecular flexibility index (Phi) is 6.74. The number of benzene rings is 1. The molecule has 1 aromatic heterocycles. The summed E-state index contributed by atoms with van der Waals surface area (Å²) in [4.78, 5) is 27.4. The van der Waals surface area contributed by atoms with Crippen LogP contribution in [-0.2, 0) is 23.0 Å². The molecule has 0 aliphatic carbocycles. The molecule has 3 amide bonds. The molecule has 2 saturated heterocycles. The van der Waals surface area contributed by atoms with E-state index in [2.05, 4.69) is 10.4 Å². The molecule has 2 aliphatic heterocycles. The van der Waals surface area contributed by atoms with Crippen molar-refractivity contribution in [1.29, 1.82) is 0 Å². The molecule has 31 heavy (non-hydrogen) atoms. The fourth-order valence-corrected chi connectivity index (χ4v) is 3.95. The lowest BCUT2D eigenvalue weighted by Crippen LogP contribution is -2.46. The molecule has 3 heterocycles. The van der Waals surface area contributed by atoms with Crippen molar-refractivity contribution in [2.24, 2.45) is 7.05 Å². The first-order valence-electron chi connectivity index (χ1n) is 10.3. The fraction of sp³-hybridized carbons (Fsp3) is 0.476. The number of carbonyl (C=O) groups excluding carboxylic acids is 2. The molecule has 0 bridgehead atoms. The monoisotopic (exact) mass is 447 g/mol. The Bertz CT molecular complexity index is 950. The molecule has 10 heteroatoms. The minimum Gasteiger partial charge on any atom is -0.492 e. The van der Waals surface area contributed by atoms with E-state index in [1.807, 2.05) is 40.9 Å². The number of rotatable bonds is 7. The quantitative estimate of drug-likeness (QED) is 0.693. The highest BCUT2D eigenvalue weighted by molar-refractivity contribution is 6.32. The Morgan fingerprint density at radius 3 is 2.97 bits per heavy atom. The Labute approximate surface area is 185 Å². The van der Waals surface area contributed by atoms with Gasteiger partial charge in [-0.15, -0.1) is 0 Å². The molecule has 2 fully saturated rings. The summed E-state index contributed by atoms with van der Waals surface area (Å²) in [6.45, 7) is 3.30. The molecular weight excluding hydrogens is 422 g/mol. The number of ether oxygens (including phenoxy) is 2. The highest BCUT2D eigenvalue weighted by atomic mass is 35.5. The van der Waals surface area contributed by atoms with E-state index in [9.17, 15) is 9.59 Å². The molecule has 0 unspecified atom stereocenters. The standard InChI is InChI=1S/C21H26ClN5O4/c1-25-15(6-10-30-18-5-3-2-4-16(18)22)12-17(24-25)19-13-26(9-11-31-19)14-20(28)27-8-7-23-21(27)29/h2-5,12,19H,6-11,13-14H2,1H3,(H,23,29)/t19-/m0/s1. The van der Waals surface area contributed by atoms with Crippen LogP contribution in [0.2, 0.25) is 5.02 Å². The first kappa shape index (κ1) is 21.6. The maximum atomic E-state index is 12.4. The smallest absolute Gasteiger partial charge is 0.324 e. The van der Waals surface area contributed by atoms with Crippen molar-refractivity contribution in [3.05, 3.63) is 46.7 Å². The van der Waals surface area contributed by atoms with Crippen molar-refractivity contribution < 1.29 is 19.1 Å². The largest absolute Gasteiger partial charge is 0.492 e. The van der Waals surface area contributed by atoms with E-state index in [0.717, 1.165) is 11.4 Å². The zero-order chi connectivity index (χ0) is 21.8. The van der Waals surface area contributed by atoms with Gasteiger partial charge in [0.25, 0.3) is 0 Å². The minimum atomic E-state index is -0.316. The zero-order valence-corrected chi connectivity index (χ0v) is 18.2. The number of imide groups is 1. The molecule has 0 saturated carbocycles. The molecular formula is C21H26ClN5O4. The van der Waals surface area contributed by atoms with Crippen molar-refractivity contribution in [3.8, 4) is 5.75 Å². The Hall–Kier alpha value is -2.62. The first-order valence-corrected chi connectivity index (χ1v) is 10.7. The number of hydrogen-bond acceptors (Lipinski definition) is 6. The van der Waals surface area contributed by atoms with Crippen LogP contribution >= 0.6 is 11.6 Å². The normalized spacial score (nSPS) is 19.5. The molecule has 1 N–H and O–H groups in total. The topological polar surface area (TPSA) is 88.9 Å². The highest BCUT2D eigenvalue weighted by Crippen LogP contribution is 2.24. The third-order valence-electron chi connectivity index (χ3n) is 5.45. The van der Waals surface area contributed by atoms with E-state index in [0.29, 0.717) is 56.6 Å². The van der Waals surface area contributed by atoms with E-state index in [1.165, 1.54) is 4.90 Å². The molecule has 9 nitrogen and oxygen atoms in total. The van der Waals surface area contributed by atoms with Gasteiger partial charge in [0.2, 0.25) is 5.91 Å². The number of halogens is 1. The summed E-state index contributed by atoms with van der Waals surface area (Å²) in [6, 6.07) is 9.09. The average molecular weight is 448 g/mol. The second-order valence-electron chi connectivity index (χ2n) is 7.58. The average Bonchev–Trinajstić information content (AvgIpc) is 3.35. The van der Waals surface area contributed by atoms with Gasteiger partial charge in [-0.2, -0.15) is 5.10 Å². The van der Waals surface area contributed by atoms with Crippen LogP contribution in [0.25, 0.3) is 0 Å². The van der Waals surface area contributed by atoms with Gasteiger partial charge in [-0.3, -0.25) is 19.3 Å². The van der Waals surface area contributed by atoms with Gasteiger partial charge < -0.3 is 14.8 Å². The second kappa shape index (κ2) is 9.67. The number of carbonyl (C=O) groups is 2. The number of urea groups is 1. The number of morpholine rings is 1. The van der Waals surface area contributed by atoms with E-state index in [4.69, 9.17) is 21.1 Å². The molecule has 1 aromatic carbocycles. The van der Waals surface area contributed by atoms with Crippen LogP contribution in [-0.4, -0.2) is 77.5 Å². The highest BCUT2D eigenvalue weighted by Gasteiger charge is 2.30. The Balaban J connectivity index is 1.32. The van der Waals surface area contributed by atoms with Crippen LogP contribution in [0.4, 0.5) is 4.79 Å². The molecule has 1 atom stereocenters. The van der Waals surface area contributed by atoms with E-state index >= 15 is 0 Å². The van der Waals surface area contributed by atoms with Crippen molar-refractivity contribution in [3.63, 3.8) is 0 Å². The summed E-state index contributed by atoms with van der Waals surface area (Å²) in [5.74, 6) is 0.475. The van der Waals surface area contributed by atoms with Crippen molar-refractivity contribution in [1.82, 2.24) is 24.9 Å². The predicted molar refractivity (Wildman–Crippen MR) is 114 cm³/mol.